The van der Waals surface area contributed by atoms with Gasteiger partial charge in [0.25, 0.3) is 5.91 Å². The number of carboxylic acid groups (broad SMARTS) is 1. The number of rotatable bonds is 14. The van der Waals surface area contributed by atoms with E-state index in [-0.39, 0.29) is 37.9 Å². The lowest BCUT2D eigenvalue weighted by Crippen LogP contribution is -2.57. The SMILES string of the molecule is CCN(C(=O)C(NC(=O)CCC(N)=O)Nc1cccc(OCCCC(=O)O)c1)C1CCCN1. The molecule has 0 aliphatic carbocycles. The van der Waals surface area contributed by atoms with Gasteiger partial charge in [0.15, 0.2) is 6.17 Å². The minimum absolute atomic E-state index is 0.00784. The number of nitrogens with one attached hydrogen (secondary N) is 3. The Kier molecular flexibility index (Phi) is 10.4. The molecule has 1 fully saturated rings. The highest BCUT2D eigenvalue weighted by Crippen LogP contribution is 2.19. The zero-order valence-electron chi connectivity index (χ0n) is 18.8. The van der Waals surface area contributed by atoms with Crippen LogP contribution in [0.3, 0.4) is 0 Å². The third kappa shape index (κ3) is 8.97. The van der Waals surface area contributed by atoms with Crippen molar-refractivity contribution in [3.63, 3.8) is 0 Å². The van der Waals surface area contributed by atoms with Crippen LogP contribution < -0.4 is 26.4 Å². The van der Waals surface area contributed by atoms with Crippen LogP contribution in [0.15, 0.2) is 24.3 Å². The molecule has 182 valence electrons. The quantitative estimate of drug-likeness (QED) is 0.198. The van der Waals surface area contributed by atoms with Crippen molar-refractivity contribution >= 4 is 29.4 Å². The van der Waals surface area contributed by atoms with Crippen LogP contribution in [0.1, 0.15) is 45.4 Å². The minimum atomic E-state index is -1.06. The molecule has 33 heavy (non-hydrogen) atoms. The van der Waals surface area contributed by atoms with Gasteiger partial charge in [-0.2, -0.15) is 0 Å². The molecule has 0 radical (unpaired) electrons. The Morgan fingerprint density at radius 1 is 1.27 bits per heavy atom. The van der Waals surface area contributed by atoms with Gasteiger partial charge in [-0.15, -0.1) is 0 Å². The predicted molar refractivity (Wildman–Crippen MR) is 121 cm³/mol. The fourth-order valence-electron chi connectivity index (χ4n) is 3.51. The van der Waals surface area contributed by atoms with E-state index in [1.54, 1.807) is 29.2 Å². The lowest BCUT2D eigenvalue weighted by Gasteiger charge is -2.32. The second-order valence-electron chi connectivity index (χ2n) is 7.72. The summed E-state index contributed by atoms with van der Waals surface area (Å²) in [6, 6.07) is 6.83. The number of hydrogen-bond donors (Lipinski definition) is 5. The summed E-state index contributed by atoms with van der Waals surface area (Å²) in [5, 5.41) is 17.7. The van der Waals surface area contributed by atoms with E-state index in [9.17, 15) is 19.2 Å². The number of carboxylic acids is 1. The Labute approximate surface area is 193 Å². The Bertz CT molecular complexity index is 827. The number of hydrogen-bond acceptors (Lipinski definition) is 7. The van der Waals surface area contributed by atoms with Crippen LogP contribution in [-0.4, -0.2) is 65.7 Å². The number of amides is 3. The minimum Gasteiger partial charge on any atom is -0.494 e. The number of carbonyl (C=O) groups is 4. The molecule has 1 aliphatic heterocycles. The largest absolute Gasteiger partial charge is 0.494 e. The van der Waals surface area contributed by atoms with Crippen LogP contribution in [0, 0.1) is 0 Å². The summed E-state index contributed by atoms with van der Waals surface area (Å²) in [7, 11) is 0. The maximum atomic E-state index is 13.3. The molecule has 6 N–H and O–H groups in total. The molecule has 0 aromatic heterocycles. The number of aliphatic carboxylic acids is 1. The van der Waals surface area contributed by atoms with Crippen molar-refractivity contribution in [2.45, 2.75) is 57.8 Å². The number of nitrogens with zero attached hydrogens (tertiary/aromatic N) is 1. The van der Waals surface area contributed by atoms with Crippen molar-refractivity contribution in [3.05, 3.63) is 24.3 Å². The van der Waals surface area contributed by atoms with E-state index < -0.39 is 23.9 Å². The van der Waals surface area contributed by atoms with Crippen molar-refractivity contribution in [1.29, 1.82) is 0 Å². The number of likely N-dealkylation sites (N-methyl/N-ethyl adjacent to an activating group) is 1. The molecule has 2 unspecified atom stereocenters. The second-order valence-corrected chi connectivity index (χ2v) is 7.72. The monoisotopic (exact) mass is 463 g/mol. The summed E-state index contributed by atoms with van der Waals surface area (Å²) in [6.07, 6.45) is 0.737. The van der Waals surface area contributed by atoms with Crippen molar-refractivity contribution in [3.8, 4) is 5.75 Å². The van der Waals surface area contributed by atoms with E-state index in [0.29, 0.717) is 24.4 Å². The lowest BCUT2D eigenvalue weighted by atomic mass is 10.2. The van der Waals surface area contributed by atoms with Crippen molar-refractivity contribution in [2.24, 2.45) is 5.73 Å². The van der Waals surface area contributed by atoms with E-state index in [0.717, 1.165) is 19.4 Å². The first kappa shape index (κ1) is 25.9. The molecular weight excluding hydrogens is 430 g/mol. The molecule has 2 rings (SSSR count). The molecule has 0 bridgehead atoms. The van der Waals surface area contributed by atoms with Crippen molar-refractivity contribution in [2.75, 3.05) is 25.0 Å². The van der Waals surface area contributed by atoms with E-state index in [1.807, 2.05) is 6.92 Å². The Balaban J connectivity index is 2.11. The Hall–Kier alpha value is -3.34. The molecular formula is C22H33N5O6. The molecule has 1 aromatic rings. The number of carbonyl (C=O) groups excluding carboxylic acids is 3. The van der Waals surface area contributed by atoms with Gasteiger partial charge < -0.3 is 31.1 Å². The second kappa shape index (κ2) is 13.3. The number of anilines is 1. The fourth-order valence-corrected chi connectivity index (χ4v) is 3.51. The van der Waals surface area contributed by atoms with Gasteiger partial charge in [-0.1, -0.05) is 6.07 Å². The van der Waals surface area contributed by atoms with Crippen LogP contribution in [0.5, 0.6) is 5.75 Å². The van der Waals surface area contributed by atoms with E-state index in [1.165, 1.54) is 0 Å². The van der Waals surface area contributed by atoms with Crippen molar-refractivity contribution < 1.29 is 29.0 Å². The highest BCUT2D eigenvalue weighted by molar-refractivity contribution is 5.91. The van der Waals surface area contributed by atoms with Crippen LogP contribution in [0.2, 0.25) is 0 Å². The third-order valence-electron chi connectivity index (χ3n) is 5.13. The molecule has 1 aromatic carbocycles. The van der Waals surface area contributed by atoms with Gasteiger partial charge >= 0.3 is 5.97 Å². The third-order valence-corrected chi connectivity index (χ3v) is 5.13. The van der Waals surface area contributed by atoms with Gasteiger partial charge in [-0.05, 0) is 44.9 Å². The molecule has 1 aliphatic rings. The Morgan fingerprint density at radius 3 is 2.70 bits per heavy atom. The van der Waals surface area contributed by atoms with E-state index >= 15 is 0 Å². The maximum absolute atomic E-state index is 13.3. The fraction of sp³-hybridized carbons (Fsp3) is 0.545. The summed E-state index contributed by atoms with van der Waals surface area (Å²) in [4.78, 5) is 49.0. The van der Waals surface area contributed by atoms with Crippen LogP contribution in [0.4, 0.5) is 5.69 Å². The van der Waals surface area contributed by atoms with Gasteiger partial charge in [-0.25, -0.2) is 0 Å². The molecule has 0 spiro atoms. The average molecular weight is 464 g/mol. The standard InChI is InChI=1S/C22H33N5O6/c1-2-27(18-8-4-12-24-18)22(32)21(26-19(29)11-10-17(23)28)25-15-6-3-7-16(14-15)33-13-5-9-20(30)31/h3,6-7,14,18,21,24-25H,2,4-5,8-13H2,1H3,(H2,23,28)(H,26,29)(H,30,31). The van der Waals surface area contributed by atoms with Crippen LogP contribution in [-0.2, 0) is 19.2 Å². The van der Waals surface area contributed by atoms with Crippen LogP contribution >= 0.6 is 0 Å². The van der Waals surface area contributed by atoms with Gasteiger partial charge in [-0.3, -0.25) is 24.5 Å². The number of primary amides is 1. The number of ether oxygens (including phenoxy) is 1. The highest BCUT2D eigenvalue weighted by atomic mass is 16.5. The smallest absolute Gasteiger partial charge is 0.303 e. The zero-order chi connectivity index (χ0) is 24.2. The van der Waals surface area contributed by atoms with Gasteiger partial charge in [0.05, 0.1) is 12.8 Å². The average Bonchev–Trinajstić information content (AvgIpc) is 3.30. The van der Waals surface area contributed by atoms with Crippen molar-refractivity contribution in [1.82, 2.24) is 15.5 Å². The van der Waals surface area contributed by atoms with E-state index in [4.69, 9.17) is 15.6 Å². The predicted octanol–water partition coefficient (Wildman–Crippen LogP) is 0.608. The highest BCUT2D eigenvalue weighted by Gasteiger charge is 2.31. The molecule has 1 saturated heterocycles. The molecule has 2 atom stereocenters. The number of benzene rings is 1. The number of nitrogens with two attached hydrogens (primary N) is 1. The first-order valence-electron chi connectivity index (χ1n) is 11.1. The Morgan fingerprint density at radius 2 is 2.06 bits per heavy atom. The lowest BCUT2D eigenvalue weighted by molar-refractivity contribution is -0.138. The van der Waals surface area contributed by atoms with Gasteiger partial charge in [0.2, 0.25) is 11.8 Å². The molecule has 11 nitrogen and oxygen atoms in total. The summed E-state index contributed by atoms with van der Waals surface area (Å²) < 4.78 is 5.59. The van der Waals surface area contributed by atoms with Gasteiger partial charge in [0.1, 0.15) is 5.75 Å². The normalized spacial score (nSPS) is 16.0. The topological polar surface area (TPSA) is 163 Å². The summed E-state index contributed by atoms with van der Waals surface area (Å²) in [6.45, 7) is 3.38. The summed E-state index contributed by atoms with van der Waals surface area (Å²) in [5.41, 5.74) is 5.66. The zero-order valence-corrected chi connectivity index (χ0v) is 18.8. The summed E-state index contributed by atoms with van der Waals surface area (Å²) >= 11 is 0. The first-order valence-corrected chi connectivity index (χ1v) is 11.1. The molecule has 1 heterocycles. The first-order chi connectivity index (χ1) is 15.8. The molecule has 11 heteroatoms. The van der Waals surface area contributed by atoms with E-state index in [2.05, 4.69) is 16.0 Å². The summed E-state index contributed by atoms with van der Waals surface area (Å²) in [5.74, 6) is -1.77. The molecule has 0 saturated carbocycles. The molecule has 3 amide bonds. The maximum Gasteiger partial charge on any atom is 0.303 e. The van der Waals surface area contributed by atoms with Gasteiger partial charge in [0, 0.05) is 37.6 Å². The van der Waals surface area contributed by atoms with Crippen LogP contribution in [0.25, 0.3) is 0 Å².